The molecule has 1 heterocycles. The lowest BCUT2D eigenvalue weighted by atomic mass is 10.1. The first-order valence-electron chi connectivity index (χ1n) is 6.15. The fourth-order valence-electron chi connectivity index (χ4n) is 1.80. The second kappa shape index (κ2) is 6.18. The van der Waals surface area contributed by atoms with Crippen molar-refractivity contribution in [2.45, 2.75) is 26.4 Å². The van der Waals surface area contributed by atoms with Crippen LogP contribution in [0.1, 0.15) is 19.4 Å². The van der Waals surface area contributed by atoms with Gasteiger partial charge in [0.1, 0.15) is 0 Å². The Morgan fingerprint density at radius 3 is 2.42 bits per heavy atom. The lowest BCUT2D eigenvalue weighted by Crippen LogP contribution is -2.32. The van der Waals surface area contributed by atoms with Crippen LogP contribution in [0, 0.1) is 3.57 Å². The van der Waals surface area contributed by atoms with Crippen molar-refractivity contribution in [3.05, 3.63) is 45.8 Å². The average molecular weight is 368 g/mol. The molecule has 0 atom stereocenters. The van der Waals surface area contributed by atoms with Crippen LogP contribution >= 0.6 is 22.6 Å². The first kappa shape index (κ1) is 14.0. The number of hydrogen-bond acceptors (Lipinski definition) is 4. The van der Waals surface area contributed by atoms with Gasteiger partial charge in [0, 0.05) is 34.2 Å². The second-order valence-electron chi connectivity index (χ2n) is 4.62. The Morgan fingerprint density at radius 1 is 1.21 bits per heavy atom. The van der Waals surface area contributed by atoms with E-state index in [2.05, 4.69) is 51.3 Å². The van der Waals surface area contributed by atoms with Crippen molar-refractivity contribution in [3.63, 3.8) is 0 Å². The average Bonchev–Trinajstić information content (AvgIpc) is 2.39. The molecule has 0 unspecified atom stereocenters. The number of halogens is 1. The number of nitrogens with two attached hydrogens (primary N) is 1. The lowest BCUT2D eigenvalue weighted by Gasteiger charge is -2.27. The van der Waals surface area contributed by atoms with Crippen LogP contribution in [0.25, 0.3) is 0 Å². The van der Waals surface area contributed by atoms with Crippen LogP contribution in [0.2, 0.25) is 0 Å². The van der Waals surface area contributed by atoms with E-state index in [0.29, 0.717) is 12.6 Å². The molecule has 0 saturated heterocycles. The van der Waals surface area contributed by atoms with Crippen molar-refractivity contribution >= 4 is 34.2 Å². The van der Waals surface area contributed by atoms with E-state index in [9.17, 15) is 0 Å². The maximum absolute atomic E-state index is 6.00. The molecule has 0 aliphatic heterocycles. The second-order valence-corrected chi connectivity index (χ2v) is 5.87. The monoisotopic (exact) mass is 368 g/mol. The zero-order valence-electron chi connectivity index (χ0n) is 11.0. The Hall–Kier alpha value is -1.37. The number of nitrogen functional groups attached to an aromatic ring is 1. The molecule has 0 fully saturated rings. The molecule has 0 aliphatic carbocycles. The van der Waals surface area contributed by atoms with Crippen LogP contribution in [-0.4, -0.2) is 16.0 Å². The van der Waals surface area contributed by atoms with Gasteiger partial charge in [-0.05, 0) is 48.1 Å². The van der Waals surface area contributed by atoms with Gasteiger partial charge in [-0.1, -0.05) is 18.2 Å². The van der Waals surface area contributed by atoms with Gasteiger partial charge in [0.05, 0.1) is 0 Å². The number of benzene rings is 1. The molecule has 0 radical (unpaired) electrons. The van der Waals surface area contributed by atoms with Gasteiger partial charge in [-0.2, -0.15) is 0 Å². The van der Waals surface area contributed by atoms with E-state index in [4.69, 9.17) is 5.73 Å². The predicted molar refractivity (Wildman–Crippen MR) is 86.9 cm³/mol. The van der Waals surface area contributed by atoms with Crippen molar-refractivity contribution in [2.24, 2.45) is 0 Å². The van der Waals surface area contributed by atoms with Crippen molar-refractivity contribution in [1.29, 1.82) is 0 Å². The summed E-state index contributed by atoms with van der Waals surface area (Å²) in [6.45, 7) is 4.96. The van der Waals surface area contributed by atoms with Gasteiger partial charge in [0.2, 0.25) is 5.95 Å². The van der Waals surface area contributed by atoms with Crippen LogP contribution in [-0.2, 0) is 6.54 Å². The van der Waals surface area contributed by atoms with Crippen LogP contribution < -0.4 is 10.6 Å². The third kappa shape index (κ3) is 3.56. The van der Waals surface area contributed by atoms with Crippen molar-refractivity contribution in [2.75, 3.05) is 10.6 Å². The molecule has 1 aromatic heterocycles. The zero-order chi connectivity index (χ0) is 13.8. The number of aromatic nitrogens is 2. The predicted octanol–water partition coefficient (Wildman–Crippen LogP) is 3.08. The molecule has 0 spiro atoms. The molecular formula is C14H17IN4. The molecular weight excluding hydrogens is 351 g/mol. The molecule has 0 aliphatic rings. The highest BCUT2D eigenvalue weighted by Gasteiger charge is 2.14. The zero-order valence-corrected chi connectivity index (χ0v) is 13.2. The SMILES string of the molecule is CC(C)N(Cc1ccccc1N)c1ncc(I)cn1. The summed E-state index contributed by atoms with van der Waals surface area (Å²) in [5.41, 5.74) is 7.90. The van der Waals surface area contributed by atoms with Crippen molar-refractivity contribution in [1.82, 2.24) is 9.97 Å². The third-order valence-electron chi connectivity index (χ3n) is 2.88. The number of para-hydroxylation sites is 1. The fraction of sp³-hybridized carbons (Fsp3) is 0.286. The Bertz CT molecular complexity index is 539. The smallest absolute Gasteiger partial charge is 0.225 e. The molecule has 0 amide bonds. The van der Waals surface area contributed by atoms with Crippen LogP contribution in [0.5, 0.6) is 0 Å². The topological polar surface area (TPSA) is 55.0 Å². The van der Waals surface area contributed by atoms with Crippen LogP contribution in [0.3, 0.4) is 0 Å². The molecule has 2 aromatic rings. The van der Waals surface area contributed by atoms with E-state index >= 15 is 0 Å². The van der Waals surface area contributed by atoms with E-state index in [1.54, 1.807) is 0 Å². The van der Waals surface area contributed by atoms with Gasteiger partial charge in [-0.15, -0.1) is 0 Å². The van der Waals surface area contributed by atoms with Gasteiger partial charge in [0.15, 0.2) is 0 Å². The summed E-state index contributed by atoms with van der Waals surface area (Å²) in [4.78, 5) is 10.9. The van der Waals surface area contributed by atoms with Crippen LogP contribution in [0.15, 0.2) is 36.7 Å². The van der Waals surface area contributed by atoms with Gasteiger partial charge < -0.3 is 10.6 Å². The summed E-state index contributed by atoms with van der Waals surface area (Å²) in [6, 6.07) is 8.21. The first-order chi connectivity index (χ1) is 9.08. The summed E-state index contributed by atoms with van der Waals surface area (Å²) in [7, 11) is 0. The molecule has 1 aromatic carbocycles. The normalized spacial score (nSPS) is 10.7. The number of hydrogen-bond donors (Lipinski definition) is 1. The number of nitrogens with zero attached hydrogens (tertiary/aromatic N) is 3. The quantitative estimate of drug-likeness (QED) is 0.666. The number of rotatable bonds is 4. The van der Waals surface area contributed by atoms with Crippen LogP contribution in [0.4, 0.5) is 11.6 Å². The Kier molecular flexibility index (Phi) is 4.57. The molecule has 0 saturated carbocycles. The van der Waals surface area contributed by atoms with Gasteiger partial charge in [0.25, 0.3) is 0 Å². The standard InChI is InChI=1S/C14H17IN4/c1-10(2)19(14-17-7-12(15)8-18-14)9-11-5-3-4-6-13(11)16/h3-8,10H,9,16H2,1-2H3. The van der Waals surface area contributed by atoms with Crippen molar-refractivity contribution in [3.8, 4) is 0 Å². The molecule has 2 rings (SSSR count). The lowest BCUT2D eigenvalue weighted by molar-refractivity contribution is 0.661. The molecule has 19 heavy (non-hydrogen) atoms. The highest BCUT2D eigenvalue weighted by molar-refractivity contribution is 14.1. The van der Waals surface area contributed by atoms with Gasteiger partial charge in [-0.25, -0.2) is 9.97 Å². The molecule has 100 valence electrons. The fourth-order valence-corrected chi connectivity index (χ4v) is 2.08. The maximum Gasteiger partial charge on any atom is 0.225 e. The van der Waals surface area contributed by atoms with Gasteiger partial charge >= 0.3 is 0 Å². The Balaban J connectivity index is 2.26. The van der Waals surface area contributed by atoms with E-state index in [1.807, 2.05) is 36.7 Å². The minimum atomic E-state index is 0.305. The summed E-state index contributed by atoms with van der Waals surface area (Å²) in [5.74, 6) is 0.735. The summed E-state index contributed by atoms with van der Waals surface area (Å²) >= 11 is 2.20. The highest BCUT2D eigenvalue weighted by atomic mass is 127. The minimum absolute atomic E-state index is 0.305. The number of anilines is 2. The molecule has 4 nitrogen and oxygen atoms in total. The van der Waals surface area contributed by atoms with E-state index in [0.717, 1.165) is 20.8 Å². The summed E-state index contributed by atoms with van der Waals surface area (Å²) in [6.07, 6.45) is 3.65. The molecule has 2 N–H and O–H groups in total. The van der Waals surface area contributed by atoms with Gasteiger partial charge in [-0.3, -0.25) is 0 Å². The minimum Gasteiger partial charge on any atom is -0.398 e. The largest absolute Gasteiger partial charge is 0.398 e. The van der Waals surface area contributed by atoms with E-state index in [-0.39, 0.29) is 0 Å². The Morgan fingerprint density at radius 2 is 1.84 bits per heavy atom. The third-order valence-corrected chi connectivity index (χ3v) is 3.44. The van der Waals surface area contributed by atoms with E-state index < -0.39 is 0 Å². The van der Waals surface area contributed by atoms with Crippen molar-refractivity contribution < 1.29 is 0 Å². The summed E-state index contributed by atoms with van der Waals surface area (Å²) in [5, 5.41) is 0. The Labute approximate surface area is 127 Å². The van der Waals surface area contributed by atoms with E-state index in [1.165, 1.54) is 0 Å². The first-order valence-corrected chi connectivity index (χ1v) is 7.23. The molecule has 5 heteroatoms. The highest BCUT2D eigenvalue weighted by Crippen LogP contribution is 2.19. The summed E-state index contributed by atoms with van der Waals surface area (Å²) < 4.78 is 1.03. The maximum atomic E-state index is 6.00. The molecule has 0 bridgehead atoms.